The molecule has 150 valence electrons. The van der Waals surface area contributed by atoms with Crippen LogP contribution in [0, 0.1) is 0 Å². The number of anilines is 1. The Kier molecular flexibility index (Phi) is 6.08. The summed E-state index contributed by atoms with van der Waals surface area (Å²) in [5.41, 5.74) is 6.35. The van der Waals surface area contributed by atoms with Gasteiger partial charge in [0.2, 0.25) is 5.88 Å². The maximum Gasteiger partial charge on any atom is 0.416 e. The first-order valence-electron chi connectivity index (χ1n) is 8.56. The van der Waals surface area contributed by atoms with Crippen molar-refractivity contribution >= 4 is 11.6 Å². The second-order valence-corrected chi connectivity index (χ2v) is 6.07. The van der Waals surface area contributed by atoms with Crippen molar-refractivity contribution < 1.29 is 22.7 Å². The van der Waals surface area contributed by atoms with Gasteiger partial charge in [0.05, 0.1) is 11.3 Å². The summed E-state index contributed by atoms with van der Waals surface area (Å²) in [6.07, 6.45) is -3.14. The van der Waals surface area contributed by atoms with Crippen molar-refractivity contribution in [3.05, 3.63) is 83.3 Å². The molecular weight excluding hydrogens is 385 g/mol. The molecule has 2 aromatic carbocycles. The number of carbonyl (C=O) groups is 1. The Morgan fingerprint density at radius 2 is 1.86 bits per heavy atom. The molecule has 3 N–H and O–H groups in total. The van der Waals surface area contributed by atoms with Crippen LogP contribution >= 0.6 is 0 Å². The largest absolute Gasteiger partial charge is 0.473 e. The summed E-state index contributed by atoms with van der Waals surface area (Å²) in [6.45, 7) is 0.399. The number of aromatic nitrogens is 2. The molecule has 0 unspecified atom stereocenters. The number of nitrogens with one attached hydrogen (secondary N) is 1. The van der Waals surface area contributed by atoms with Crippen LogP contribution in [0.15, 0.2) is 60.9 Å². The Morgan fingerprint density at radius 1 is 1.07 bits per heavy atom. The molecule has 3 rings (SSSR count). The van der Waals surface area contributed by atoms with E-state index in [2.05, 4.69) is 15.3 Å². The van der Waals surface area contributed by atoms with Gasteiger partial charge in [-0.2, -0.15) is 13.2 Å². The van der Waals surface area contributed by atoms with Crippen molar-refractivity contribution in [2.45, 2.75) is 19.3 Å². The summed E-state index contributed by atoms with van der Waals surface area (Å²) >= 11 is 0. The van der Waals surface area contributed by atoms with E-state index in [-0.39, 0.29) is 24.4 Å². The molecule has 0 spiro atoms. The Hall–Kier alpha value is -3.46. The van der Waals surface area contributed by atoms with Gasteiger partial charge in [-0.1, -0.05) is 18.2 Å². The molecule has 0 radical (unpaired) electrons. The van der Waals surface area contributed by atoms with Crippen LogP contribution in [-0.2, 0) is 19.3 Å². The SMILES string of the molecule is NCc1cc(OCc2cccc(C(=O)Nc3cccc(C(F)(F)F)c3)c2)ncn1. The number of rotatable bonds is 6. The van der Waals surface area contributed by atoms with Crippen LogP contribution in [0.4, 0.5) is 18.9 Å². The third-order valence-electron chi connectivity index (χ3n) is 3.93. The fourth-order valence-electron chi connectivity index (χ4n) is 2.50. The van der Waals surface area contributed by atoms with Crippen LogP contribution in [0.3, 0.4) is 0 Å². The maximum atomic E-state index is 12.8. The van der Waals surface area contributed by atoms with E-state index in [0.29, 0.717) is 17.1 Å². The molecule has 1 heterocycles. The second kappa shape index (κ2) is 8.70. The molecule has 0 saturated carbocycles. The number of hydrogen-bond donors (Lipinski definition) is 2. The molecule has 0 aliphatic heterocycles. The van der Waals surface area contributed by atoms with E-state index in [0.717, 1.165) is 12.1 Å². The predicted octanol–water partition coefficient (Wildman–Crippen LogP) is 3.79. The zero-order chi connectivity index (χ0) is 20.9. The van der Waals surface area contributed by atoms with Crippen LogP contribution in [0.1, 0.15) is 27.2 Å². The number of hydrogen-bond acceptors (Lipinski definition) is 5. The van der Waals surface area contributed by atoms with Crippen molar-refractivity contribution in [2.75, 3.05) is 5.32 Å². The van der Waals surface area contributed by atoms with Gasteiger partial charge in [0.25, 0.3) is 5.91 Å². The summed E-state index contributed by atoms with van der Waals surface area (Å²) in [6, 6.07) is 12.6. The minimum atomic E-state index is -4.48. The molecule has 0 fully saturated rings. The van der Waals surface area contributed by atoms with Gasteiger partial charge in [-0.3, -0.25) is 4.79 Å². The van der Waals surface area contributed by atoms with Crippen molar-refractivity contribution in [3.63, 3.8) is 0 Å². The zero-order valence-corrected chi connectivity index (χ0v) is 15.1. The normalized spacial score (nSPS) is 11.2. The van der Waals surface area contributed by atoms with E-state index < -0.39 is 17.6 Å². The Bertz CT molecular complexity index is 1010. The van der Waals surface area contributed by atoms with Gasteiger partial charge in [-0.05, 0) is 35.9 Å². The highest BCUT2D eigenvalue weighted by Gasteiger charge is 2.30. The maximum absolute atomic E-state index is 12.8. The summed E-state index contributed by atoms with van der Waals surface area (Å²) in [4.78, 5) is 20.4. The van der Waals surface area contributed by atoms with Gasteiger partial charge in [0, 0.05) is 23.9 Å². The molecule has 0 bridgehead atoms. The lowest BCUT2D eigenvalue weighted by Crippen LogP contribution is -2.13. The first-order valence-corrected chi connectivity index (χ1v) is 8.56. The van der Waals surface area contributed by atoms with Gasteiger partial charge in [0.15, 0.2) is 0 Å². The topological polar surface area (TPSA) is 90.1 Å². The van der Waals surface area contributed by atoms with Gasteiger partial charge < -0.3 is 15.8 Å². The number of halogens is 3. The van der Waals surface area contributed by atoms with E-state index in [9.17, 15) is 18.0 Å². The average Bonchev–Trinajstić information content (AvgIpc) is 2.72. The Balaban J connectivity index is 1.68. The average molecular weight is 402 g/mol. The number of nitrogens with two attached hydrogens (primary N) is 1. The van der Waals surface area contributed by atoms with Crippen molar-refractivity contribution in [3.8, 4) is 5.88 Å². The molecule has 29 heavy (non-hydrogen) atoms. The highest BCUT2D eigenvalue weighted by Crippen LogP contribution is 2.30. The fraction of sp³-hybridized carbons (Fsp3) is 0.150. The van der Waals surface area contributed by atoms with E-state index in [1.54, 1.807) is 30.3 Å². The van der Waals surface area contributed by atoms with E-state index in [1.807, 2.05) is 0 Å². The molecule has 0 saturated heterocycles. The lowest BCUT2D eigenvalue weighted by molar-refractivity contribution is -0.137. The van der Waals surface area contributed by atoms with Crippen molar-refractivity contribution in [1.82, 2.24) is 9.97 Å². The highest BCUT2D eigenvalue weighted by atomic mass is 19.4. The summed E-state index contributed by atoms with van der Waals surface area (Å²) < 4.78 is 44.0. The lowest BCUT2D eigenvalue weighted by atomic mass is 10.1. The lowest BCUT2D eigenvalue weighted by Gasteiger charge is -2.11. The van der Waals surface area contributed by atoms with Gasteiger partial charge >= 0.3 is 6.18 Å². The second-order valence-electron chi connectivity index (χ2n) is 6.07. The zero-order valence-electron chi connectivity index (χ0n) is 15.1. The Labute approximate surface area is 164 Å². The molecule has 0 atom stereocenters. The fourth-order valence-corrected chi connectivity index (χ4v) is 2.50. The number of ether oxygens (including phenoxy) is 1. The van der Waals surface area contributed by atoms with E-state index in [4.69, 9.17) is 10.5 Å². The van der Waals surface area contributed by atoms with Crippen molar-refractivity contribution in [1.29, 1.82) is 0 Å². The molecule has 3 aromatic rings. The smallest absolute Gasteiger partial charge is 0.416 e. The van der Waals surface area contributed by atoms with Gasteiger partial charge in [0.1, 0.15) is 12.9 Å². The molecule has 9 heteroatoms. The van der Waals surface area contributed by atoms with Crippen LogP contribution in [0.2, 0.25) is 0 Å². The van der Waals surface area contributed by atoms with E-state index >= 15 is 0 Å². The number of alkyl halides is 3. The molecular formula is C20H17F3N4O2. The summed E-state index contributed by atoms with van der Waals surface area (Å²) in [5, 5.41) is 2.47. The number of carbonyl (C=O) groups excluding carboxylic acids is 1. The van der Waals surface area contributed by atoms with Crippen LogP contribution in [0.25, 0.3) is 0 Å². The highest BCUT2D eigenvalue weighted by molar-refractivity contribution is 6.04. The van der Waals surface area contributed by atoms with Crippen LogP contribution < -0.4 is 15.8 Å². The molecule has 0 aliphatic carbocycles. The quantitative estimate of drug-likeness (QED) is 0.655. The standard InChI is InChI=1S/C20H17F3N4O2/c21-20(22,23)15-5-2-6-16(8-15)27-19(28)14-4-1-3-13(7-14)11-29-18-9-17(10-24)25-12-26-18/h1-9,12H,10-11,24H2,(H,27,28). The van der Waals surface area contributed by atoms with Crippen LogP contribution in [-0.4, -0.2) is 15.9 Å². The molecule has 1 amide bonds. The van der Waals surface area contributed by atoms with Crippen molar-refractivity contribution in [2.24, 2.45) is 5.73 Å². The van der Waals surface area contributed by atoms with E-state index in [1.165, 1.54) is 18.5 Å². The first kappa shape index (κ1) is 20.3. The summed E-state index contributed by atoms with van der Waals surface area (Å²) in [5.74, 6) is -0.183. The van der Waals surface area contributed by atoms with Crippen LogP contribution in [0.5, 0.6) is 5.88 Å². The minimum Gasteiger partial charge on any atom is -0.473 e. The first-order chi connectivity index (χ1) is 13.8. The van der Waals surface area contributed by atoms with Gasteiger partial charge in [-0.15, -0.1) is 0 Å². The number of nitrogens with zero attached hydrogens (tertiary/aromatic N) is 2. The molecule has 0 aliphatic rings. The third-order valence-corrected chi connectivity index (χ3v) is 3.93. The summed E-state index contributed by atoms with van der Waals surface area (Å²) in [7, 11) is 0. The van der Waals surface area contributed by atoms with Gasteiger partial charge in [-0.25, -0.2) is 9.97 Å². The minimum absolute atomic E-state index is 0.0572. The number of benzene rings is 2. The molecule has 1 aromatic heterocycles. The predicted molar refractivity (Wildman–Crippen MR) is 100 cm³/mol. The third kappa shape index (κ3) is 5.52. The monoisotopic (exact) mass is 402 g/mol. The molecule has 6 nitrogen and oxygen atoms in total. The Morgan fingerprint density at radius 3 is 2.62 bits per heavy atom. The number of amides is 1.